The Morgan fingerprint density at radius 3 is 2.17 bits per heavy atom. The van der Waals surface area contributed by atoms with E-state index in [0.29, 0.717) is 6.42 Å². The Balaban J connectivity index is 1.67. The minimum absolute atomic E-state index is 0.153. The maximum Gasteiger partial charge on any atom is 0.167 e. The minimum atomic E-state index is 0.153. The molecule has 0 aromatic heterocycles. The second-order valence-corrected chi connectivity index (χ2v) is 7.46. The highest BCUT2D eigenvalue weighted by Crippen LogP contribution is 2.28. The van der Waals surface area contributed by atoms with Gasteiger partial charge in [-0.1, -0.05) is 53.7 Å². The number of Topliss-reactive ketones (excluding diaryl/α,β-unsaturated/α-hetero) is 1. The molecule has 0 aliphatic heterocycles. The summed E-state index contributed by atoms with van der Waals surface area (Å²) in [6.45, 7) is 2.04. The number of hydrogen-bond acceptors (Lipinski definition) is 2. The van der Waals surface area contributed by atoms with Gasteiger partial charge in [0.05, 0.1) is 0 Å². The Hall–Kier alpha value is -1.97. The summed E-state index contributed by atoms with van der Waals surface area (Å²) in [6.07, 6.45) is 0.445. The molecule has 24 heavy (non-hydrogen) atoms. The fourth-order valence-corrected chi connectivity index (χ4v) is 3.46. The summed E-state index contributed by atoms with van der Waals surface area (Å²) in [5.74, 6) is 0.153. The van der Waals surface area contributed by atoms with Crippen LogP contribution in [0.25, 0.3) is 0 Å². The Morgan fingerprint density at radius 2 is 1.54 bits per heavy atom. The van der Waals surface area contributed by atoms with E-state index in [1.165, 1.54) is 10.5 Å². The average Bonchev–Trinajstić information content (AvgIpc) is 2.57. The normalized spacial score (nSPS) is 10.6. The van der Waals surface area contributed by atoms with Crippen LogP contribution in [0.15, 0.2) is 87.5 Å². The Labute approximate surface area is 152 Å². The number of carbonyl (C=O) groups is 1. The first-order valence-electron chi connectivity index (χ1n) is 7.78. The van der Waals surface area contributed by atoms with Crippen molar-refractivity contribution in [3.63, 3.8) is 0 Å². The molecule has 0 spiro atoms. The summed E-state index contributed by atoms with van der Waals surface area (Å²) < 4.78 is 0. The number of carbonyl (C=O) groups excluding carboxylic acids is 1. The van der Waals surface area contributed by atoms with Crippen LogP contribution in [0.4, 0.5) is 0 Å². The monoisotopic (exact) mass is 351 g/mol. The molecule has 0 atom stereocenters. The fraction of sp³-hybridized carbons (Fsp3) is 0.0952. The Kier molecular flexibility index (Phi) is 5.44. The lowest BCUT2D eigenvalue weighted by Gasteiger charge is -2.05. The van der Waals surface area contributed by atoms with Crippen LogP contribution in [0.2, 0.25) is 0 Å². The molecule has 0 bridgehead atoms. The number of aryl methyl sites for hydroxylation is 1. The minimum Gasteiger partial charge on any atom is -0.294 e. The molecule has 3 aromatic carbocycles. The molecule has 0 saturated heterocycles. The van der Waals surface area contributed by atoms with E-state index in [-0.39, 0.29) is 5.78 Å². The van der Waals surface area contributed by atoms with Crippen molar-refractivity contribution in [2.24, 2.45) is 0 Å². The van der Waals surface area contributed by atoms with Crippen molar-refractivity contribution < 1.29 is 4.79 Å². The van der Waals surface area contributed by atoms with E-state index < -0.39 is 0 Å². The summed E-state index contributed by atoms with van der Waals surface area (Å²) in [6, 6.07) is 24.2. The molecule has 0 saturated carbocycles. The molecule has 0 heterocycles. The molecule has 1 nitrogen and oxygen atoms in total. The van der Waals surface area contributed by atoms with Crippen molar-refractivity contribution in [2.75, 3.05) is 0 Å². The summed E-state index contributed by atoms with van der Waals surface area (Å²) in [5.41, 5.74) is 3.01. The second kappa shape index (κ2) is 7.73. The maximum atomic E-state index is 12.4. The smallest absolute Gasteiger partial charge is 0.167 e. The van der Waals surface area contributed by atoms with E-state index in [2.05, 4.69) is 30.8 Å². The fourth-order valence-electron chi connectivity index (χ4n) is 2.48. The average molecular weight is 352 g/mol. The van der Waals surface area contributed by atoms with E-state index >= 15 is 0 Å². The van der Waals surface area contributed by atoms with Gasteiger partial charge in [0.2, 0.25) is 0 Å². The molecule has 0 aliphatic rings. The zero-order valence-corrected chi connectivity index (χ0v) is 15.3. The van der Waals surface area contributed by atoms with Gasteiger partial charge in [0.15, 0.2) is 5.78 Å². The second-order valence-electron chi connectivity index (χ2n) is 5.74. The quantitative estimate of drug-likeness (QED) is 0.478. The topological polar surface area (TPSA) is 17.1 Å². The van der Waals surface area contributed by atoms with Crippen LogP contribution in [-0.2, 0) is 19.0 Å². The van der Waals surface area contributed by atoms with Crippen LogP contribution in [0, 0.1) is 6.92 Å². The van der Waals surface area contributed by atoms with Gasteiger partial charge in [-0.15, -0.1) is 0 Å². The first-order chi connectivity index (χ1) is 11.6. The molecule has 0 N–H and O–H groups in total. The first kappa shape index (κ1) is 16.9. The Morgan fingerprint density at radius 1 is 0.917 bits per heavy atom. The highest BCUT2D eigenvalue weighted by Gasteiger charge is 2.08. The van der Waals surface area contributed by atoms with Crippen molar-refractivity contribution in [3.8, 4) is 0 Å². The van der Waals surface area contributed by atoms with E-state index in [0.717, 1.165) is 20.9 Å². The summed E-state index contributed by atoms with van der Waals surface area (Å²) in [5, 5.41) is 0. The third kappa shape index (κ3) is 4.53. The van der Waals surface area contributed by atoms with Crippen LogP contribution in [0.3, 0.4) is 0 Å². The van der Waals surface area contributed by atoms with Crippen molar-refractivity contribution in [3.05, 3.63) is 89.5 Å². The zero-order valence-electron chi connectivity index (χ0n) is 13.5. The van der Waals surface area contributed by atoms with E-state index in [1.54, 1.807) is 11.8 Å². The van der Waals surface area contributed by atoms with Crippen LogP contribution in [0.1, 0.15) is 21.5 Å². The van der Waals surface area contributed by atoms with Crippen molar-refractivity contribution >= 4 is 30.2 Å². The Bertz CT molecular complexity index is 836. The molecule has 3 rings (SSSR count). The van der Waals surface area contributed by atoms with Gasteiger partial charge in [-0.3, -0.25) is 4.79 Å². The van der Waals surface area contributed by atoms with Crippen LogP contribution in [-0.4, -0.2) is 5.78 Å². The van der Waals surface area contributed by atoms with Gasteiger partial charge in [-0.2, -0.15) is 0 Å². The molecule has 3 heteroatoms. The zero-order chi connectivity index (χ0) is 16.9. The molecular weight excluding hydrogens is 332 g/mol. The summed E-state index contributed by atoms with van der Waals surface area (Å²) in [7, 11) is 0. The molecule has 0 fully saturated rings. The lowest BCUT2D eigenvalue weighted by molar-refractivity contribution is 0.0993. The SMILES string of the molecule is Cc1cccc(CC(=O)c2ccc(Sc3ccc([SH2+])cc3)cc2)c1. The van der Waals surface area contributed by atoms with Crippen molar-refractivity contribution in [2.45, 2.75) is 28.0 Å². The number of ketones is 1. The van der Waals surface area contributed by atoms with Crippen LogP contribution >= 0.6 is 11.8 Å². The van der Waals surface area contributed by atoms with E-state index in [4.69, 9.17) is 0 Å². The van der Waals surface area contributed by atoms with Gasteiger partial charge >= 0.3 is 0 Å². The lowest BCUT2D eigenvalue weighted by atomic mass is 10.0. The number of benzene rings is 3. The third-order valence-electron chi connectivity index (χ3n) is 3.71. The molecular formula is C21H19OS2+. The maximum absolute atomic E-state index is 12.4. The van der Waals surface area contributed by atoms with Gasteiger partial charge in [0.1, 0.15) is 4.90 Å². The van der Waals surface area contributed by atoms with Crippen LogP contribution in [0.5, 0.6) is 0 Å². The predicted molar refractivity (Wildman–Crippen MR) is 105 cm³/mol. The number of rotatable bonds is 5. The van der Waals surface area contributed by atoms with Gasteiger partial charge in [-0.25, -0.2) is 0 Å². The molecule has 3 aromatic rings. The predicted octanol–water partition coefficient (Wildman–Crippen LogP) is 4.94. The van der Waals surface area contributed by atoms with Gasteiger partial charge in [0, 0.05) is 21.8 Å². The van der Waals surface area contributed by atoms with Crippen molar-refractivity contribution in [1.82, 2.24) is 0 Å². The van der Waals surface area contributed by atoms with E-state index in [9.17, 15) is 4.79 Å². The van der Waals surface area contributed by atoms with Gasteiger partial charge < -0.3 is 0 Å². The number of hydrogen-bond donors (Lipinski definition) is 0. The lowest BCUT2D eigenvalue weighted by Crippen LogP contribution is -2.03. The van der Waals surface area contributed by atoms with Crippen molar-refractivity contribution in [1.29, 1.82) is 0 Å². The van der Waals surface area contributed by atoms with E-state index in [1.807, 2.05) is 61.5 Å². The summed E-state index contributed by atoms with van der Waals surface area (Å²) in [4.78, 5) is 15.8. The molecule has 0 radical (unpaired) electrons. The molecule has 0 aliphatic carbocycles. The standard InChI is InChI=1S/C21H18OS2/c1-15-3-2-4-16(13-15)14-21(22)17-5-9-19(10-6-17)24-20-11-7-18(23)8-12-20/h2-13,23H,14H2,1H3/p+1. The van der Waals surface area contributed by atoms with Gasteiger partial charge in [-0.05, 0) is 61.5 Å². The summed E-state index contributed by atoms with van der Waals surface area (Å²) >= 11 is 5.18. The van der Waals surface area contributed by atoms with Crippen LogP contribution < -0.4 is 0 Å². The largest absolute Gasteiger partial charge is 0.294 e. The molecule has 0 unspecified atom stereocenters. The molecule has 0 amide bonds. The molecule has 120 valence electrons. The highest BCUT2D eigenvalue weighted by molar-refractivity contribution is 7.99. The first-order valence-corrected chi connectivity index (χ1v) is 9.10. The third-order valence-corrected chi connectivity index (χ3v) is 5.06. The van der Waals surface area contributed by atoms with Gasteiger partial charge in [0.25, 0.3) is 0 Å². The highest BCUT2D eigenvalue weighted by atomic mass is 32.2.